The number of nitrogens with zero attached hydrogens (tertiary/aromatic N) is 5. The summed E-state index contributed by atoms with van der Waals surface area (Å²) in [5, 5.41) is 5.32. The summed E-state index contributed by atoms with van der Waals surface area (Å²) in [7, 11) is 0. The van der Waals surface area contributed by atoms with E-state index >= 15 is 0 Å². The van der Waals surface area contributed by atoms with E-state index in [1.807, 2.05) is 55.8 Å². The summed E-state index contributed by atoms with van der Waals surface area (Å²) in [4.78, 5) is 22.8. The van der Waals surface area contributed by atoms with Crippen LogP contribution in [0.2, 0.25) is 0 Å². The predicted molar refractivity (Wildman–Crippen MR) is 125 cm³/mol. The number of anilines is 1. The highest BCUT2D eigenvalue weighted by atomic mass is 127. The largest absolute Gasteiger partial charge is 0.444 e. The van der Waals surface area contributed by atoms with Crippen LogP contribution in [0.4, 0.5) is 10.6 Å². The van der Waals surface area contributed by atoms with Gasteiger partial charge in [-0.1, -0.05) is 30.3 Å². The number of fused-ring (bicyclic) bond motifs is 1. The second kappa shape index (κ2) is 9.59. The van der Waals surface area contributed by atoms with Crippen molar-refractivity contribution in [1.29, 1.82) is 0 Å². The number of hydrogen-bond donors (Lipinski definition) is 1. The van der Waals surface area contributed by atoms with Crippen molar-refractivity contribution in [3.8, 4) is 0 Å². The third kappa shape index (κ3) is 5.80. The molecule has 2 heterocycles. The summed E-state index contributed by atoms with van der Waals surface area (Å²) in [5.74, 6) is 0.439. The van der Waals surface area contributed by atoms with Gasteiger partial charge in [0.15, 0.2) is 5.65 Å². The fourth-order valence-corrected chi connectivity index (χ4v) is 3.85. The van der Waals surface area contributed by atoms with Crippen LogP contribution in [0, 0.1) is 3.70 Å². The Hall–Kier alpha value is -2.43. The van der Waals surface area contributed by atoms with Gasteiger partial charge in [-0.3, -0.25) is 0 Å². The summed E-state index contributed by atoms with van der Waals surface area (Å²) in [6.45, 7) is 7.43. The zero-order valence-electron chi connectivity index (χ0n) is 17.5. The van der Waals surface area contributed by atoms with Crippen LogP contribution in [0.15, 0.2) is 36.7 Å². The van der Waals surface area contributed by atoms with E-state index in [4.69, 9.17) is 10.5 Å². The van der Waals surface area contributed by atoms with Crippen LogP contribution in [-0.4, -0.2) is 42.9 Å². The highest BCUT2D eigenvalue weighted by Crippen LogP contribution is 2.22. The number of rotatable bonds is 7. The molecule has 1 aromatic carbocycles. The number of unbranched alkanes of at least 4 members (excludes halogenated alkanes) is 1. The molecule has 0 aliphatic carbocycles. The molecule has 3 rings (SSSR count). The maximum atomic E-state index is 12.7. The Morgan fingerprint density at radius 1 is 1.20 bits per heavy atom. The number of amides is 1. The van der Waals surface area contributed by atoms with Crippen LogP contribution < -0.4 is 5.73 Å². The minimum atomic E-state index is -0.531. The maximum absolute atomic E-state index is 12.7. The van der Waals surface area contributed by atoms with E-state index in [2.05, 4.69) is 37.7 Å². The molecule has 0 spiro atoms. The molecule has 0 atom stereocenters. The van der Waals surface area contributed by atoms with Gasteiger partial charge in [-0.05, 0) is 61.8 Å². The number of ether oxygens (including phenoxy) is 1. The van der Waals surface area contributed by atoms with Crippen LogP contribution in [0.1, 0.15) is 39.2 Å². The molecule has 0 bridgehead atoms. The zero-order valence-corrected chi connectivity index (χ0v) is 19.7. The van der Waals surface area contributed by atoms with Crippen LogP contribution in [0.5, 0.6) is 0 Å². The first kappa shape index (κ1) is 22.3. The molecule has 0 unspecified atom stereocenters. The smallest absolute Gasteiger partial charge is 0.410 e. The third-order valence-corrected chi connectivity index (χ3v) is 5.19. The Balaban J connectivity index is 1.63. The summed E-state index contributed by atoms with van der Waals surface area (Å²) < 4.78 is 8.24. The number of carbonyl (C=O) groups excluding carboxylic acids is 1. The van der Waals surface area contributed by atoms with Gasteiger partial charge < -0.3 is 15.4 Å². The molecule has 160 valence electrons. The second-order valence-corrected chi connectivity index (χ2v) is 9.09. The number of carbonyl (C=O) groups is 1. The van der Waals surface area contributed by atoms with Crippen molar-refractivity contribution in [3.63, 3.8) is 0 Å². The van der Waals surface area contributed by atoms with Gasteiger partial charge in [0.2, 0.25) is 0 Å². The Morgan fingerprint density at radius 3 is 2.63 bits per heavy atom. The topological polar surface area (TPSA) is 99.2 Å². The van der Waals surface area contributed by atoms with Crippen molar-refractivity contribution in [1.82, 2.24) is 24.6 Å². The molecule has 1 amide bonds. The molecule has 2 N–H and O–H groups in total. The summed E-state index contributed by atoms with van der Waals surface area (Å²) in [6.07, 6.45) is 2.80. The SMILES string of the molecule is CC(C)(C)OC(=O)N(CCCCn1nc(I)c2c(N)ncnc21)Cc1ccccc1. The van der Waals surface area contributed by atoms with Gasteiger partial charge in [-0.2, -0.15) is 5.10 Å². The molecule has 0 aliphatic rings. The van der Waals surface area contributed by atoms with Gasteiger partial charge in [0, 0.05) is 19.6 Å². The van der Waals surface area contributed by atoms with Crippen molar-refractivity contribution >= 4 is 45.5 Å². The molecule has 30 heavy (non-hydrogen) atoms. The fourth-order valence-electron chi connectivity index (χ4n) is 3.07. The highest BCUT2D eigenvalue weighted by Gasteiger charge is 2.22. The first-order valence-corrected chi connectivity index (χ1v) is 11.0. The Labute approximate surface area is 190 Å². The van der Waals surface area contributed by atoms with Crippen LogP contribution >= 0.6 is 22.6 Å². The Morgan fingerprint density at radius 2 is 1.93 bits per heavy atom. The molecule has 0 fully saturated rings. The van der Waals surface area contributed by atoms with Gasteiger partial charge in [0.25, 0.3) is 0 Å². The predicted octanol–water partition coefficient (Wildman–Crippen LogP) is 4.23. The molecule has 0 radical (unpaired) electrons. The van der Waals surface area contributed by atoms with Gasteiger partial charge in [-0.25, -0.2) is 19.4 Å². The van der Waals surface area contributed by atoms with E-state index in [1.165, 1.54) is 6.33 Å². The average Bonchev–Trinajstić information content (AvgIpc) is 3.00. The average molecular weight is 522 g/mol. The third-order valence-electron chi connectivity index (χ3n) is 4.43. The molecule has 0 saturated heterocycles. The van der Waals surface area contributed by atoms with Crippen molar-refractivity contribution in [3.05, 3.63) is 45.9 Å². The van der Waals surface area contributed by atoms with Crippen molar-refractivity contribution < 1.29 is 9.53 Å². The molecule has 9 heteroatoms. The van der Waals surface area contributed by atoms with E-state index in [1.54, 1.807) is 4.90 Å². The summed E-state index contributed by atoms with van der Waals surface area (Å²) in [5.41, 5.74) is 7.23. The first-order valence-electron chi connectivity index (χ1n) is 9.89. The monoisotopic (exact) mass is 522 g/mol. The zero-order chi connectivity index (χ0) is 21.7. The molecular formula is C21H27IN6O2. The van der Waals surface area contributed by atoms with E-state index < -0.39 is 5.60 Å². The molecule has 3 aromatic rings. The molecule has 0 saturated carbocycles. The van der Waals surface area contributed by atoms with Crippen molar-refractivity contribution in [2.24, 2.45) is 0 Å². The Bertz CT molecular complexity index is 1000. The Kier molecular flexibility index (Phi) is 7.11. The second-order valence-electron chi connectivity index (χ2n) is 8.07. The molecular weight excluding hydrogens is 495 g/mol. The van der Waals surface area contributed by atoms with Crippen molar-refractivity contribution in [2.75, 3.05) is 12.3 Å². The lowest BCUT2D eigenvalue weighted by molar-refractivity contribution is 0.0230. The highest BCUT2D eigenvalue weighted by molar-refractivity contribution is 14.1. The quantitative estimate of drug-likeness (QED) is 0.369. The van der Waals surface area contributed by atoms with Gasteiger partial charge in [0.1, 0.15) is 21.4 Å². The van der Waals surface area contributed by atoms with E-state index in [9.17, 15) is 4.79 Å². The van der Waals surface area contributed by atoms with Crippen LogP contribution in [0.3, 0.4) is 0 Å². The normalized spacial score (nSPS) is 11.6. The van der Waals surface area contributed by atoms with Gasteiger partial charge in [-0.15, -0.1) is 0 Å². The number of benzene rings is 1. The number of nitrogens with two attached hydrogens (primary N) is 1. The minimum Gasteiger partial charge on any atom is -0.444 e. The fraction of sp³-hybridized carbons (Fsp3) is 0.429. The van der Waals surface area contributed by atoms with Crippen LogP contribution in [0.25, 0.3) is 11.0 Å². The molecule has 0 aliphatic heterocycles. The summed E-state index contributed by atoms with van der Waals surface area (Å²) >= 11 is 2.15. The molecule has 8 nitrogen and oxygen atoms in total. The number of halogens is 1. The lowest BCUT2D eigenvalue weighted by atomic mass is 10.2. The lowest BCUT2D eigenvalue weighted by Crippen LogP contribution is -2.37. The summed E-state index contributed by atoms with van der Waals surface area (Å²) in [6, 6.07) is 9.94. The number of aryl methyl sites for hydroxylation is 1. The van der Waals surface area contributed by atoms with Crippen molar-refractivity contribution in [2.45, 2.75) is 52.3 Å². The van der Waals surface area contributed by atoms with E-state index in [0.717, 1.165) is 33.1 Å². The lowest BCUT2D eigenvalue weighted by Gasteiger charge is -2.27. The van der Waals surface area contributed by atoms with Gasteiger partial charge >= 0.3 is 6.09 Å². The van der Waals surface area contributed by atoms with Gasteiger partial charge in [0.05, 0.1) is 5.39 Å². The number of hydrogen-bond acceptors (Lipinski definition) is 6. The minimum absolute atomic E-state index is 0.300. The number of aromatic nitrogens is 4. The maximum Gasteiger partial charge on any atom is 0.410 e. The van der Waals surface area contributed by atoms with E-state index in [0.29, 0.717) is 25.5 Å². The first-order chi connectivity index (χ1) is 14.2. The molecule has 2 aromatic heterocycles. The number of nitrogen functional groups attached to an aromatic ring is 1. The standard InChI is InChI=1S/C21H27IN6O2/c1-21(2,3)30-20(29)27(13-15-9-5-4-6-10-15)11-7-8-12-28-19-16(17(22)26-28)18(23)24-14-25-19/h4-6,9-10,14H,7-8,11-13H2,1-3H3,(H2,23,24,25). The van der Waals surface area contributed by atoms with Crippen LogP contribution in [-0.2, 0) is 17.8 Å². The van der Waals surface area contributed by atoms with E-state index in [-0.39, 0.29) is 6.09 Å².